The van der Waals surface area contributed by atoms with Gasteiger partial charge < -0.3 is 20.2 Å². The third-order valence-electron chi connectivity index (χ3n) is 4.56. The van der Waals surface area contributed by atoms with Gasteiger partial charge in [-0.1, -0.05) is 42.5 Å². The molecule has 0 amide bonds. The maximum atomic E-state index is 12.6. The number of aromatic amines is 2. The van der Waals surface area contributed by atoms with Gasteiger partial charge >= 0.3 is 0 Å². The predicted octanol–water partition coefficient (Wildman–Crippen LogP) is 3.23. The van der Waals surface area contributed by atoms with E-state index in [2.05, 4.69) is 16.0 Å². The number of allylic oxidation sites excluding steroid dienone is 1. The molecule has 2 aromatic carbocycles. The average molecular weight is 404 g/mol. The van der Waals surface area contributed by atoms with Gasteiger partial charge in [-0.15, -0.1) is 0 Å². The standard InChI is InChI=1S/C21H16N4O3S/c22-10-15-16(17-19(26)24-21(29)25-20(17)28-18(15)23)13-7-4-8-14(9-13)27-11-12-5-2-1-3-6-12/h1-9,16H,11,23H2,(H2,24,25,26,29)/t16-/m0/s1. The first kappa shape index (κ1) is 18.5. The van der Waals surface area contributed by atoms with Crippen molar-refractivity contribution < 1.29 is 9.47 Å². The number of hydrogen-bond donors (Lipinski definition) is 3. The Morgan fingerprint density at radius 3 is 2.72 bits per heavy atom. The van der Waals surface area contributed by atoms with Gasteiger partial charge in [0.05, 0.1) is 11.5 Å². The van der Waals surface area contributed by atoms with Crippen LogP contribution in [0.2, 0.25) is 0 Å². The Kier molecular flexibility index (Phi) is 4.89. The molecule has 7 nitrogen and oxygen atoms in total. The van der Waals surface area contributed by atoms with E-state index in [9.17, 15) is 10.1 Å². The van der Waals surface area contributed by atoms with Crippen LogP contribution in [0.4, 0.5) is 0 Å². The molecule has 0 fully saturated rings. The van der Waals surface area contributed by atoms with E-state index in [1.54, 1.807) is 18.2 Å². The van der Waals surface area contributed by atoms with Gasteiger partial charge in [0.15, 0.2) is 4.77 Å². The van der Waals surface area contributed by atoms with Crippen LogP contribution in [0.25, 0.3) is 0 Å². The topological polar surface area (TPSA) is 117 Å². The lowest BCUT2D eigenvalue weighted by atomic mass is 9.85. The number of benzene rings is 2. The second-order valence-electron chi connectivity index (χ2n) is 6.42. The number of ether oxygens (including phenoxy) is 2. The second kappa shape index (κ2) is 7.66. The Bertz CT molecular complexity index is 1260. The molecule has 1 aromatic heterocycles. The van der Waals surface area contributed by atoms with Gasteiger partial charge in [0.2, 0.25) is 11.8 Å². The summed E-state index contributed by atoms with van der Waals surface area (Å²) in [5.74, 6) is -0.0390. The SMILES string of the molecule is N#CC1=C(N)Oc2[nH]c(=S)[nH]c(=O)c2[C@H]1c1cccc(OCc2ccccc2)c1. The van der Waals surface area contributed by atoms with E-state index >= 15 is 0 Å². The summed E-state index contributed by atoms with van der Waals surface area (Å²) in [5, 5.41) is 9.64. The van der Waals surface area contributed by atoms with E-state index in [1.807, 2.05) is 36.4 Å². The molecule has 1 atom stereocenters. The first-order valence-electron chi connectivity index (χ1n) is 8.77. The van der Waals surface area contributed by atoms with Crippen molar-refractivity contribution >= 4 is 12.2 Å². The van der Waals surface area contributed by atoms with Gasteiger partial charge in [-0.2, -0.15) is 5.26 Å². The highest BCUT2D eigenvalue weighted by molar-refractivity contribution is 7.71. The van der Waals surface area contributed by atoms with Crippen LogP contribution in [-0.2, 0) is 6.61 Å². The number of fused-ring (bicyclic) bond motifs is 1. The first-order chi connectivity index (χ1) is 14.1. The Morgan fingerprint density at radius 1 is 1.17 bits per heavy atom. The van der Waals surface area contributed by atoms with Crippen molar-refractivity contribution in [2.45, 2.75) is 12.5 Å². The summed E-state index contributed by atoms with van der Waals surface area (Å²) in [6.45, 7) is 0.394. The minimum absolute atomic E-state index is 0.0724. The zero-order chi connectivity index (χ0) is 20.4. The number of nitrogens with two attached hydrogens (primary N) is 1. The smallest absolute Gasteiger partial charge is 0.259 e. The van der Waals surface area contributed by atoms with Gasteiger partial charge in [-0.05, 0) is 35.5 Å². The van der Waals surface area contributed by atoms with Crippen LogP contribution in [-0.4, -0.2) is 9.97 Å². The van der Waals surface area contributed by atoms with Crippen molar-refractivity contribution in [1.82, 2.24) is 9.97 Å². The Hall–Kier alpha value is -3.83. The van der Waals surface area contributed by atoms with Crippen LogP contribution in [0.5, 0.6) is 11.6 Å². The summed E-state index contributed by atoms with van der Waals surface area (Å²) in [7, 11) is 0. The Balaban J connectivity index is 1.75. The molecule has 0 saturated carbocycles. The highest BCUT2D eigenvalue weighted by Crippen LogP contribution is 2.39. The fourth-order valence-electron chi connectivity index (χ4n) is 3.25. The second-order valence-corrected chi connectivity index (χ2v) is 6.83. The van der Waals surface area contributed by atoms with Crippen LogP contribution in [0.3, 0.4) is 0 Å². The molecule has 0 aliphatic carbocycles. The maximum absolute atomic E-state index is 12.6. The molecule has 2 heterocycles. The van der Waals surface area contributed by atoms with E-state index in [0.29, 0.717) is 17.9 Å². The third-order valence-corrected chi connectivity index (χ3v) is 4.76. The summed E-state index contributed by atoms with van der Waals surface area (Å²) >= 11 is 5.01. The van der Waals surface area contributed by atoms with Gasteiger partial charge in [0.25, 0.3) is 5.56 Å². The summed E-state index contributed by atoms with van der Waals surface area (Å²) < 4.78 is 11.4. The lowest BCUT2D eigenvalue weighted by Crippen LogP contribution is -2.28. The number of nitriles is 1. The average Bonchev–Trinajstić information content (AvgIpc) is 2.72. The molecule has 3 aromatic rings. The number of H-pyrrole nitrogens is 2. The molecule has 0 spiro atoms. The first-order valence-corrected chi connectivity index (χ1v) is 9.18. The molecule has 1 aliphatic rings. The van der Waals surface area contributed by atoms with Gasteiger partial charge in [-0.3, -0.25) is 9.78 Å². The minimum atomic E-state index is -0.709. The quantitative estimate of drug-likeness (QED) is 0.575. The van der Waals surface area contributed by atoms with Crippen molar-refractivity contribution in [3.8, 4) is 17.7 Å². The number of rotatable bonds is 4. The summed E-state index contributed by atoms with van der Waals surface area (Å²) in [6, 6.07) is 19.0. The molecule has 4 N–H and O–H groups in total. The normalized spacial score (nSPS) is 15.2. The lowest BCUT2D eigenvalue weighted by molar-refractivity contribution is 0.305. The molecule has 0 saturated heterocycles. The fourth-order valence-corrected chi connectivity index (χ4v) is 3.43. The fraction of sp³-hybridized carbons (Fsp3) is 0.0952. The Labute approximate surface area is 171 Å². The molecule has 8 heteroatoms. The zero-order valence-electron chi connectivity index (χ0n) is 15.1. The zero-order valence-corrected chi connectivity index (χ0v) is 16.0. The van der Waals surface area contributed by atoms with E-state index in [0.717, 1.165) is 5.56 Å². The van der Waals surface area contributed by atoms with Crippen molar-refractivity contribution in [3.63, 3.8) is 0 Å². The van der Waals surface area contributed by atoms with E-state index in [1.165, 1.54) is 0 Å². The number of nitrogens with one attached hydrogen (secondary N) is 2. The largest absolute Gasteiger partial charge is 0.489 e. The number of aromatic nitrogens is 2. The monoisotopic (exact) mass is 404 g/mol. The van der Waals surface area contributed by atoms with Gasteiger partial charge in [0, 0.05) is 0 Å². The highest BCUT2D eigenvalue weighted by Gasteiger charge is 2.34. The van der Waals surface area contributed by atoms with Crippen LogP contribution in [0.15, 0.2) is 70.8 Å². The molecule has 29 heavy (non-hydrogen) atoms. The number of hydrogen-bond acceptors (Lipinski definition) is 6. The molecule has 0 bridgehead atoms. The van der Waals surface area contributed by atoms with Crippen molar-refractivity contribution in [3.05, 3.63) is 97.9 Å². The molecular weight excluding hydrogens is 388 g/mol. The lowest BCUT2D eigenvalue weighted by Gasteiger charge is -2.25. The van der Waals surface area contributed by atoms with Crippen LogP contribution < -0.4 is 20.8 Å². The van der Waals surface area contributed by atoms with Crippen molar-refractivity contribution in [2.75, 3.05) is 0 Å². The summed E-state index contributed by atoms with van der Waals surface area (Å²) in [6.07, 6.45) is 0. The summed E-state index contributed by atoms with van der Waals surface area (Å²) in [4.78, 5) is 17.9. The van der Waals surface area contributed by atoms with E-state index in [4.69, 9.17) is 27.4 Å². The van der Waals surface area contributed by atoms with Crippen LogP contribution >= 0.6 is 12.2 Å². The van der Waals surface area contributed by atoms with Gasteiger partial charge in [-0.25, -0.2) is 0 Å². The number of nitrogens with zero attached hydrogens (tertiary/aromatic N) is 1. The summed E-state index contributed by atoms with van der Waals surface area (Å²) in [5.41, 5.74) is 7.59. The van der Waals surface area contributed by atoms with E-state index in [-0.39, 0.29) is 27.7 Å². The molecule has 1 aliphatic heterocycles. The maximum Gasteiger partial charge on any atom is 0.259 e. The van der Waals surface area contributed by atoms with E-state index < -0.39 is 11.5 Å². The molecule has 0 unspecified atom stereocenters. The molecule has 4 rings (SSSR count). The van der Waals surface area contributed by atoms with Crippen LogP contribution in [0, 0.1) is 16.1 Å². The highest BCUT2D eigenvalue weighted by atomic mass is 32.1. The molecule has 144 valence electrons. The Morgan fingerprint density at radius 2 is 1.97 bits per heavy atom. The van der Waals surface area contributed by atoms with Crippen molar-refractivity contribution in [1.29, 1.82) is 5.26 Å². The van der Waals surface area contributed by atoms with Crippen LogP contribution in [0.1, 0.15) is 22.6 Å². The third kappa shape index (κ3) is 3.63. The van der Waals surface area contributed by atoms with Crippen molar-refractivity contribution in [2.24, 2.45) is 5.73 Å². The van der Waals surface area contributed by atoms with Gasteiger partial charge in [0.1, 0.15) is 24.0 Å². The molecular formula is C21H16N4O3S. The molecule has 0 radical (unpaired) electrons. The minimum Gasteiger partial charge on any atom is -0.489 e. The predicted molar refractivity (Wildman–Crippen MR) is 109 cm³/mol.